The van der Waals surface area contributed by atoms with Gasteiger partial charge in [0.1, 0.15) is 5.82 Å². The van der Waals surface area contributed by atoms with Gasteiger partial charge in [-0.25, -0.2) is 4.39 Å². The van der Waals surface area contributed by atoms with Gasteiger partial charge in [-0.15, -0.1) is 0 Å². The Morgan fingerprint density at radius 3 is 2.54 bits per heavy atom. The number of rotatable bonds is 3. The molecule has 1 atom stereocenters. The lowest BCUT2D eigenvalue weighted by Crippen LogP contribution is -1.91. The largest absolute Gasteiger partial charge is 0.339 e. The molecule has 0 unspecified atom stereocenters. The first-order chi connectivity index (χ1) is 11.7. The quantitative estimate of drug-likeness (QED) is 0.651. The van der Waals surface area contributed by atoms with Gasteiger partial charge in [0.25, 0.3) is 0 Å². The first-order valence-corrected chi connectivity index (χ1v) is 7.87. The summed E-state index contributed by atoms with van der Waals surface area (Å²) in [7, 11) is 0. The molecule has 3 aromatic rings. The van der Waals surface area contributed by atoms with Crippen LogP contribution in [0.15, 0.2) is 53.1 Å². The lowest BCUT2D eigenvalue weighted by atomic mass is 10.1. The molecule has 1 aromatic heterocycles. The third-order valence-electron chi connectivity index (χ3n) is 3.79. The van der Waals surface area contributed by atoms with Crippen LogP contribution in [0.2, 0.25) is 0 Å². The monoisotopic (exact) mass is 320 g/mol. The highest BCUT2D eigenvalue weighted by molar-refractivity contribution is 5.56. The Morgan fingerprint density at radius 1 is 1.08 bits per heavy atom. The van der Waals surface area contributed by atoms with Gasteiger partial charge in [-0.1, -0.05) is 36.9 Å². The van der Waals surface area contributed by atoms with Crippen molar-refractivity contribution in [3.8, 4) is 23.2 Å². The Morgan fingerprint density at radius 2 is 1.83 bits per heavy atom. The molecule has 0 spiro atoms. The molecule has 0 bridgehead atoms. The van der Waals surface area contributed by atoms with E-state index in [1.54, 1.807) is 12.1 Å². The van der Waals surface area contributed by atoms with Gasteiger partial charge in [0.15, 0.2) is 0 Å². The Hall–Kier alpha value is -2.93. The third kappa shape index (κ3) is 3.69. The molecule has 3 rings (SSSR count). The van der Waals surface area contributed by atoms with E-state index in [4.69, 9.17) is 4.52 Å². The SMILES string of the molecule is CC[C@@H](C)c1nc(-c2ccc(C#Cc3cccc(F)c3)cc2)no1. The number of nitrogens with zero attached hydrogens (tertiary/aromatic N) is 2. The second-order valence-electron chi connectivity index (χ2n) is 5.60. The summed E-state index contributed by atoms with van der Waals surface area (Å²) in [5, 5.41) is 4.02. The number of aromatic nitrogens is 2. The molecule has 3 nitrogen and oxygen atoms in total. The van der Waals surface area contributed by atoms with E-state index in [0.717, 1.165) is 17.5 Å². The second kappa shape index (κ2) is 7.10. The molecule has 24 heavy (non-hydrogen) atoms. The summed E-state index contributed by atoms with van der Waals surface area (Å²) >= 11 is 0. The smallest absolute Gasteiger partial charge is 0.229 e. The molecule has 120 valence electrons. The number of hydrogen-bond acceptors (Lipinski definition) is 3. The lowest BCUT2D eigenvalue weighted by molar-refractivity contribution is 0.357. The molecule has 0 amide bonds. The van der Waals surface area contributed by atoms with E-state index >= 15 is 0 Å². The Balaban J connectivity index is 1.78. The van der Waals surface area contributed by atoms with Crippen molar-refractivity contribution in [2.75, 3.05) is 0 Å². The van der Waals surface area contributed by atoms with Crippen molar-refractivity contribution in [3.63, 3.8) is 0 Å². The molecule has 1 heterocycles. The van der Waals surface area contributed by atoms with E-state index in [1.807, 2.05) is 24.3 Å². The average Bonchev–Trinajstić information content (AvgIpc) is 3.10. The highest BCUT2D eigenvalue weighted by Crippen LogP contribution is 2.21. The summed E-state index contributed by atoms with van der Waals surface area (Å²) < 4.78 is 18.4. The van der Waals surface area contributed by atoms with Gasteiger partial charge in [0.2, 0.25) is 11.7 Å². The second-order valence-corrected chi connectivity index (χ2v) is 5.60. The average molecular weight is 320 g/mol. The summed E-state index contributed by atoms with van der Waals surface area (Å²) in [6, 6.07) is 13.8. The van der Waals surface area contributed by atoms with Crippen molar-refractivity contribution >= 4 is 0 Å². The molecule has 0 fully saturated rings. The molecule has 0 radical (unpaired) electrons. The molecule has 0 saturated carbocycles. The minimum absolute atomic E-state index is 0.252. The fourth-order valence-electron chi connectivity index (χ4n) is 2.14. The van der Waals surface area contributed by atoms with Crippen LogP contribution in [0.25, 0.3) is 11.4 Å². The molecule has 0 aliphatic rings. The summed E-state index contributed by atoms with van der Waals surface area (Å²) in [5.74, 6) is 7.17. The highest BCUT2D eigenvalue weighted by Gasteiger charge is 2.13. The Kier molecular flexibility index (Phi) is 4.72. The first kappa shape index (κ1) is 15.9. The van der Waals surface area contributed by atoms with Crippen LogP contribution in [0, 0.1) is 17.7 Å². The van der Waals surface area contributed by atoms with Crippen LogP contribution in [0.5, 0.6) is 0 Å². The zero-order chi connectivity index (χ0) is 16.9. The normalized spacial score (nSPS) is 11.6. The molecule has 4 heteroatoms. The van der Waals surface area contributed by atoms with Crippen LogP contribution in [0.4, 0.5) is 4.39 Å². The zero-order valence-electron chi connectivity index (χ0n) is 13.6. The van der Waals surface area contributed by atoms with Crippen molar-refractivity contribution in [2.24, 2.45) is 0 Å². The third-order valence-corrected chi connectivity index (χ3v) is 3.79. The van der Waals surface area contributed by atoms with Gasteiger partial charge in [0.05, 0.1) is 0 Å². The number of hydrogen-bond donors (Lipinski definition) is 0. The molecular weight excluding hydrogens is 303 g/mol. The van der Waals surface area contributed by atoms with Gasteiger partial charge >= 0.3 is 0 Å². The van der Waals surface area contributed by atoms with Crippen LogP contribution in [0.3, 0.4) is 0 Å². The minimum Gasteiger partial charge on any atom is -0.339 e. The van der Waals surface area contributed by atoms with Crippen LogP contribution < -0.4 is 0 Å². The van der Waals surface area contributed by atoms with Crippen molar-refractivity contribution in [1.82, 2.24) is 10.1 Å². The van der Waals surface area contributed by atoms with Crippen LogP contribution in [-0.2, 0) is 0 Å². The highest BCUT2D eigenvalue weighted by atomic mass is 19.1. The first-order valence-electron chi connectivity index (χ1n) is 7.87. The van der Waals surface area contributed by atoms with Crippen molar-refractivity contribution in [2.45, 2.75) is 26.2 Å². The van der Waals surface area contributed by atoms with Gasteiger partial charge in [-0.3, -0.25) is 0 Å². The molecule has 2 aromatic carbocycles. The van der Waals surface area contributed by atoms with Gasteiger partial charge < -0.3 is 4.52 Å². The standard InChI is InChI=1S/C20H17FN2O/c1-3-14(2)20-22-19(23-24-20)17-11-9-15(10-12-17)7-8-16-5-4-6-18(21)13-16/h4-6,9-14H,3H2,1-2H3/t14-/m1/s1. The molecule has 0 saturated heterocycles. The van der Waals surface area contributed by atoms with Crippen molar-refractivity contribution in [1.29, 1.82) is 0 Å². The number of benzene rings is 2. The molecule has 0 aliphatic carbocycles. The molecule has 0 N–H and O–H groups in total. The zero-order valence-corrected chi connectivity index (χ0v) is 13.6. The van der Waals surface area contributed by atoms with Crippen LogP contribution in [0.1, 0.15) is 43.2 Å². The van der Waals surface area contributed by atoms with Crippen LogP contribution >= 0.6 is 0 Å². The summed E-state index contributed by atoms with van der Waals surface area (Å²) in [6.07, 6.45) is 0.955. The summed E-state index contributed by atoms with van der Waals surface area (Å²) in [4.78, 5) is 4.43. The maximum absolute atomic E-state index is 13.1. The van der Waals surface area contributed by atoms with Crippen molar-refractivity contribution in [3.05, 3.63) is 71.4 Å². The predicted molar refractivity (Wildman–Crippen MR) is 90.8 cm³/mol. The minimum atomic E-state index is -0.286. The van der Waals surface area contributed by atoms with E-state index in [1.165, 1.54) is 12.1 Å². The van der Waals surface area contributed by atoms with Gasteiger partial charge in [-0.2, -0.15) is 4.98 Å². The fourth-order valence-corrected chi connectivity index (χ4v) is 2.14. The summed E-state index contributed by atoms with van der Waals surface area (Å²) in [5.41, 5.74) is 2.37. The van der Waals surface area contributed by atoms with E-state index in [2.05, 4.69) is 35.8 Å². The molecular formula is C20H17FN2O. The Labute approximate surface area is 140 Å². The summed E-state index contributed by atoms with van der Waals surface area (Å²) in [6.45, 7) is 4.14. The molecule has 0 aliphatic heterocycles. The fraction of sp³-hybridized carbons (Fsp3) is 0.200. The van der Waals surface area contributed by atoms with Gasteiger partial charge in [0, 0.05) is 22.6 Å². The maximum Gasteiger partial charge on any atom is 0.229 e. The van der Waals surface area contributed by atoms with E-state index in [9.17, 15) is 4.39 Å². The topological polar surface area (TPSA) is 38.9 Å². The van der Waals surface area contributed by atoms with Gasteiger partial charge in [-0.05, 0) is 48.9 Å². The Bertz CT molecular complexity index is 888. The number of halogens is 1. The van der Waals surface area contributed by atoms with Crippen LogP contribution in [-0.4, -0.2) is 10.1 Å². The van der Waals surface area contributed by atoms with E-state index in [-0.39, 0.29) is 11.7 Å². The van der Waals surface area contributed by atoms with E-state index in [0.29, 0.717) is 17.3 Å². The maximum atomic E-state index is 13.1. The van der Waals surface area contributed by atoms with Crippen molar-refractivity contribution < 1.29 is 8.91 Å². The predicted octanol–water partition coefficient (Wildman–Crippen LogP) is 4.79. The van der Waals surface area contributed by atoms with E-state index < -0.39 is 0 Å². The lowest BCUT2D eigenvalue weighted by Gasteiger charge is -1.98.